The third kappa shape index (κ3) is 5.52. The van der Waals surface area contributed by atoms with Crippen LogP contribution in [0, 0.1) is 40.9 Å². The zero-order valence-corrected chi connectivity index (χ0v) is 25.2. The van der Waals surface area contributed by atoms with E-state index in [1.54, 1.807) is 0 Å². The van der Waals surface area contributed by atoms with Gasteiger partial charge in [0.2, 0.25) is 0 Å². The summed E-state index contributed by atoms with van der Waals surface area (Å²) in [6.45, 7) is 1.88. The number of rotatable bonds is 5. The molecule has 0 radical (unpaired) electrons. The predicted octanol–water partition coefficient (Wildman–Crippen LogP) is 3.09. The molecule has 2 heterocycles. The molecule has 5 N–H and O–H groups in total. The van der Waals surface area contributed by atoms with Crippen molar-refractivity contribution in [3.05, 3.63) is 61.9 Å². The summed E-state index contributed by atoms with van der Waals surface area (Å²) in [6.07, 6.45) is 7.58. The molecule has 234 valence electrons. The van der Waals surface area contributed by atoms with Crippen molar-refractivity contribution >= 4 is 0 Å². The summed E-state index contributed by atoms with van der Waals surface area (Å²) in [6, 6.07) is 5.84. The van der Waals surface area contributed by atoms with E-state index in [-0.39, 0.29) is 24.0 Å². The maximum Gasteiger partial charge on any atom is 0.330 e. The number of benzene rings is 1. The van der Waals surface area contributed by atoms with Crippen molar-refractivity contribution in [2.24, 2.45) is 17.3 Å². The number of fused-ring (bicyclic) bond motifs is 5. The second-order valence-corrected chi connectivity index (χ2v) is 13.3. The molecular weight excluding hydrogens is 560 g/mol. The summed E-state index contributed by atoms with van der Waals surface area (Å²) in [4.78, 5) is 26.8. The minimum Gasteiger partial charge on any atom is -0.508 e. The number of phenols is 1. The lowest BCUT2D eigenvalue weighted by molar-refractivity contribution is -0.0648. The van der Waals surface area contributed by atoms with Gasteiger partial charge in [-0.05, 0) is 92.4 Å². The van der Waals surface area contributed by atoms with E-state index >= 15 is 0 Å². The molecule has 1 aromatic heterocycles. The quantitative estimate of drug-likeness (QED) is 0.261. The van der Waals surface area contributed by atoms with Crippen molar-refractivity contribution in [2.75, 3.05) is 6.61 Å². The van der Waals surface area contributed by atoms with Gasteiger partial charge in [0, 0.05) is 30.9 Å². The van der Waals surface area contributed by atoms with E-state index in [1.807, 2.05) is 12.1 Å². The predicted molar refractivity (Wildman–Crippen MR) is 164 cm³/mol. The number of nitrogens with zero attached hydrogens (tertiary/aromatic N) is 1. The van der Waals surface area contributed by atoms with Crippen LogP contribution in [0.1, 0.15) is 100.0 Å². The number of aromatic hydroxyl groups is 1. The number of H-pyrrole nitrogens is 1. The van der Waals surface area contributed by atoms with Crippen LogP contribution >= 0.6 is 0 Å². The number of unbranched alkanes of at least 4 members (excludes halogenated alkanes) is 3. The van der Waals surface area contributed by atoms with Gasteiger partial charge in [-0.15, -0.1) is 5.92 Å². The molecule has 8 atom stereocenters. The summed E-state index contributed by atoms with van der Waals surface area (Å²) >= 11 is 0. The number of nitrogens with one attached hydrogen (secondary N) is 1. The van der Waals surface area contributed by atoms with Crippen LogP contribution in [-0.4, -0.2) is 54.4 Å². The Hall–Kier alpha value is -3.34. The zero-order chi connectivity index (χ0) is 31.1. The Balaban J connectivity index is 1.03. The Morgan fingerprint density at radius 1 is 1.11 bits per heavy atom. The fourth-order valence-corrected chi connectivity index (χ4v) is 8.42. The fourth-order valence-electron chi connectivity index (χ4n) is 8.42. The van der Waals surface area contributed by atoms with Crippen LogP contribution in [0.4, 0.5) is 0 Å². The van der Waals surface area contributed by atoms with Gasteiger partial charge in [-0.3, -0.25) is 14.3 Å². The monoisotopic (exact) mass is 602 g/mol. The Morgan fingerprint density at radius 2 is 1.91 bits per heavy atom. The molecule has 2 saturated carbocycles. The van der Waals surface area contributed by atoms with Gasteiger partial charge in [0.1, 0.15) is 29.2 Å². The molecule has 4 aliphatic rings. The SMILES string of the molecule is C[C@]12CC[C@@H]3c4ccc(O)cc4CC[C@H]3[C@@H]1CC[C@@]2(O)C#CCCCCC#Cc1cn([C@H]2C[C@H](O)[C@@H](CO)O2)c(=O)[nH]c1=O. The second kappa shape index (κ2) is 12.2. The molecule has 3 fully saturated rings. The van der Waals surface area contributed by atoms with E-state index in [0.29, 0.717) is 42.8 Å². The van der Waals surface area contributed by atoms with Gasteiger partial charge in [0.05, 0.1) is 12.7 Å². The number of aliphatic hydroxyl groups excluding tert-OH is 2. The first kappa shape index (κ1) is 30.7. The normalized spacial score (nSPS) is 33.7. The summed E-state index contributed by atoms with van der Waals surface area (Å²) in [5.74, 6) is 14.2. The number of aryl methyl sites for hydroxylation is 1. The van der Waals surface area contributed by atoms with Crippen LogP contribution < -0.4 is 11.2 Å². The summed E-state index contributed by atoms with van der Waals surface area (Å²) in [5, 5.41) is 41.0. The molecule has 9 heteroatoms. The minimum absolute atomic E-state index is 0.127. The highest BCUT2D eigenvalue weighted by Gasteiger charge is 2.61. The molecular formula is C35H42N2O7. The van der Waals surface area contributed by atoms with Crippen molar-refractivity contribution in [1.82, 2.24) is 9.55 Å². The lowest BCUT2D eigenvalue weighted by Crippen LogP contribution is -2.50. The molecule has 0 spiro atoms. The number of aromatic nitrogens is 2. The van der Waals surface area contributed by atoms with E-state index in [1.165, 1.54) is 21.9 Å². The molecule has 1 aromatic carbocycles. The van der Waals surface area contributed by atoms with Crippen LogP contribution in [0.25, 0.3) is 0 Å². The van der Waals surface area contributed by atoms with Crippen molar-refractivity contribution < 1.29 is 25.2 Å². The molecule has 44 heavy (non-hydrogen) atoms. The van der Waals surface area contributed by atoms with Crippen molar-refractivity contribution in [1.29, 1.82) is 0 Å². The maximum absolute atomic E-state index is 12.3. The van der Waals surface area contributed by atoms with E-state index < -0.39 is 35.3 Å². The van der Waals surface area contributed by atoms with E-state index in [2.05, 4.69) is 41.7 Å². The number of hydrogen-bond donors (Lipinski definition) is 5. The van der Waals surface area contributed by atoms with Gasteiger partial charge in [0.25, 0.3) is 5.56 Å². The third-order valence-corrected chi connectivity index (χ3v) is 10.9. The molecule has 9 nitrogen and oxygen atoms in total. The fraction of sp³-hybridized carbons (Fsp3) is 0.600. The van der Waals surface area contributed by atoms with Crippen molar-refractivity contribution in [2.45, 2.75) is 108 Å². The van der Waals surface area contributed by atoms with Crippen LogP contribution in [-0.2, 0) is 11.2 Å². The van der Waals surface area contributed by atoms with Gasteiger partial charge < -0.3 is 25.2 Å². The topological polar surface area (TPSA) is 145 Å². The van der Waals surface area contributed by atoms with E-state index in [4.69, 9.17) is 4.74 Å². The van der Waals surface area contributed by atoms with Crippen molar-refractivity contribution in [3.63, 3.8) is 0 Å². The van der Waals surface area contributed by atoms with E-state index in [9.17, 15) is 30.0 Å². The third-order valence-electron chi connectivity index (χ3n) is 10.9. The van der Waals surface area contributed by atoms with Crippen LogP contribution in [0.2, 0.25) is 0 Å². The molecule has 0 unspecified atom stereocenters. The van der Waals surface area contributed by atoms with Crippen LogP contribution in [0.15, 0.2) is 34.0 Å². The number of aliphatic hydroxyl groups is 3. The maximum atomic E-state index is 12.3. The molecule has 2 aromatic rings. The van der Waals surface area contributed by atoms with E-state index in [0.717, 1.165) is 44.9 Å². The van der Waals surface area contributed by atoms with Gasteiger partial charge >= 0.3 is 5.69 Å². The highest BCUT2D eigenvalue weighted by Crippen LogP contribution is 2.64. The Morgan fingerprint density at radius 3 is 2.68 bits per heavy atom. The molecule has 3 aliphatic carbocycles. The van der Waals surface area contributed by atoms with Gasteiger partial charge in [-0.2, -0.15) is 0 Å². The average Bonchev–Trinajstić information content (AvgIpc) is 3.50. The van der Waals surface area contributed by atoms with Gasteiger partial charge in [0.15, 0.2) is 0 Å². The largest absolute Gasteiger partial charge is 0.508 e. The molecule has 0 bridgehead atoms. The van der Waals surface area contributed by atoms with Crippen LogP contribution in [0.5, 0.6) is 5.75 Å². The first-order chi connectivity index (χ1) is 21.1. The number of phenolic OH excluding ortho intramolecular Hbond substituents is 1. The first-order valence-corrected chi connectivity index (χ1v) is 16.0. The van der Waals surface area contributed by atoms with Crippen LogP contribution in [0.3, 0.4) is 0 Å². The molecule has 1 aliphatic heterocycles. The Kier molecular flexibility index (Phi) is 8.52. The molecule has 1 saturated heterocycles. The molecule has 0 amide bonds. The highest BCUT2D eigenvalue weighted by atomic mass is 16.5. The lowest BCUT2D eigenvalue weighted by atomic mass is 9.53. The highest BCUT2D eigenvalue weighted by molar-refractivity contribution is 5.41. The minimum atomic E-state index is -0.974. The molecule has 6 rings (SSSR count). The lowest BCUT2D eigenvalue weighted by Gasteiger charge is -2.52. The summed E-state index contributed by atoms with van der Waals surface area (Å²) < 4.78 is 6.74. The smallest absolute Gasteiger partial charge is 0.330 e. The summed E-state index contributed by atoms with van der Waals surface area (Å²) in [5.41, 5.74) is 0.371. The number of ether oxygens (including phenoxy) is 1. The standard InChI is InChI=1S/C35H42N2O7/c1-34-16-13-26-25-12-10-24(39)18-22(25)9-11-27(26)28(34)14-17-35(34,43)15-7-5-3-2-4-6-8-23-20-37(33(42)36-32(23)41)31-19-29(40)30(21-38)44-31/h10,12,18,20,26-31,38-40,43H,2-5,9,11,13-14,16-17,19,21H2,1H3,(H,36,41,42)/t26-,27-,28+,29+,30-,31-,34+,35+/m1/s1. The Labute approximate surface area is 257 Å². The van der Waals surface area contributed by atoms with Gasteiger partial charge in [-0.25, -0.2) is 4.79 Å². The second-order valence-electron chi connectivity index (χ2n) is 13.3. The summed E-state index contributed by atoms with van der Waals surface area (Å²) in [7, 11) is 0. The first-order valence-electron chi connectivity index (χ1n) is 16.0. The zero-order valence-electron chi connectivity index (χ0n) is 25.2. The van der Waals surface area contributed by atoms with Gasteiger partial charge in [-0.1, -0.05) is 30.8 Å². The average molecular weight is 603 g/mol. The van der Waals surface area contributed by atoms with Crippen molar-refractivity contribution in [3.8, 4) is 29.4 Å². The number of hydrogen-bond acceptors (Lipinski definition) is 7. The number of aromatic amines is 1. The Bertz CT molecular complexity index is 1640.